The second-order valence-electron chi connectivity index (χ2n) is 6.50. The lowest BCUT2D eigenvalue weighted by Crippen LogP contribution is -2.52. The third-order valence-electron chi connectivity index (χ3n) is 4.74. The summed E-state index contributed by atoms with van der Waals surface area (Å²) in [6.45, 7) is 1.91. The van der Waals surface area contributed by atoms with E-state index in [1.54, 1.807) is 18.3 Å². The molecular weight excluding hydrogens is 304 g/mol. The van der Waals surface area contributed by atoms with Crippen molar-refractivity contribution in [2.45, 2.75) is 50.7 Å². The fourth-order valence-electron chi connectivity index (χ4n) is 3.28. The van der Waals surface area contributed by atoms with E-state index in [1.165, 1.54) is 32.0 Å². The van der Waals surface area contributed by atoms with Gasteiger partial charge in [-0.2, -0.15) is 0 Å². The second-order valence-corrected chi connectivity index (χ2v) is 6.50. The van der Waals surface area contributed by atoms with Crippen molar-refractivity contribution in [2.24, 2.45) is 0 Å². The first kappa shape index (κ1) is 16.8. The molecule has 3 N–H and O–H groups in total. The van der Waals surface area contributed by atoms with Crippen LogP contribution >= 0.6 is 0 Å². The Balaban J connectivity index is 1.66. The molecule has 24 heavy (non-hydrogen) atoms. The lowest BCUT2D eigenvalue weighted by atomic mass is 10.1. The summed E-state index contributed by atoms with van der Waals surface area (Å²) in [5.74, 6) is -0.199. The van der Waals surface area contributed by atoms with Crippen LogP contribution in [0.5, 0.6) is 0 Å². The van der Waals surface area contributed by atoms with Gasteiger partial charge in [0.05, 0.1) is 18.2 Å². The molecule has 2 aromatic rings. The molecule has 0 saturated heterocycles. The third-order valence-corrected chi connectivity index (χ3v) is 4.74. The van der Waals surface area contributed by atoms with E-state index in [2.05, 4.69) is 20.6 Å². The Kier molecular flexibility index (Phi) is 5.37. The van der Waals surface area contributed by atoms with Crippen LogP contribution in [0.15, 0.2) is 30.7 Å². The molecule has 1 aromatic heterocycles. The predicted molar refractivity (Wildman–Crippen MR) is 92.7 cm³/mol. The van der Waals surface area contributed by atoms with Crippen LogP contribution in [0.25, 0.3) is 10.9 Å². The van der Waals surface area contributed by atoms with Crippen molar-refractivity contribution in [1.82, 2.24) is 20.6 Å². The monoisotopic (exact) mass is 328 g/mol. The van der Waals surface area contributed by atoms with Gasteiger partial charge in [0.2, 0.25) is 0 Å². The molecule has 1 aliphatic rings. The molecule has 1 amide bonds. The van der Waals surface area contributed by atoms with Crippen LogP contribution in [-0.4, -0.2) is 45.7 Å². The number of aliphatic hydroxyl groups is 1. The van der Waals surface area contributed by atoms with Crippen LogP contribution in [0.3, 0.4) is 0 Å². The topological polar surface area (TPSA) is 87.1 Å². The van der Waals surface area contributed by atoms with Crippen molar-refractivity contribution < 1.29 is 9.90 Å². The fraction of sp³-hybridized carbons (Fsp3) is 0.500. The van der Waals surface area contributed by atoms with E-state index in [1.807, 2.05) is 13.0 Å². The van der Waals surface area contributed by atoms with Crippen molar-refractivity contribution in [1.29, 1.82) is 0 Å². The van der Waals surface area contributed by atoms with E-state index < -0.39 is 0 Å². The summed E-state index contributed by atoms with van der Waals surface area (Å²) in [6.07, 6.45) is 8.02. The Morgan fingerprint density at radius 1 is 1.38 bits per heavy atom. The second kappa shape index (κ2) is 7.68. The maximum atomic E-state index is 12.5. The molecule has 1 fully saturated rings. The van der Waals surface area contributed by atoms with Gasteiger partial charge in [-0.3, -0.25) is 4.79 Å². The maximum Gasteiger partial charge on any atom is 0.251 e. The summed E-state index contributed by atoms with van der Waals surface area (Å²) in [5.41, 5.74) is 1.27. The minimum atomic E-state index is -0.320. The first-order valence-electron chi connectivity index (χ1n) is 8.55. The van der Waals surface area contributed by atoms with Gasteiger partial charge in [-0.1, -0.05) is 18.9 Å². The SMILES string of the molecule is CC(NC1CCCC1)[C@@H](CO)NC(=O)c1ccc2cncnc2c1. The van der Waals surface area contributed by atoms with Crippen LogP contribution in [-0.2, 0) is 0 Å². The highest BCUT2D eigenvalue weighted by molar-refractivity contribution is 5.97. The first-order valence-corrected chi connectivity index (χ1v) is 8.55. The largest absolute Gasteiger partial charge is 0.394 e. The number of rotatable bonds is 6. The number of benzene rings is 1. The van der Waals surface area contributed by atoms with Gasteiger partial charge in [0.1, 0.15) is 6.33 Å². The van der Waals surface area contributed by atoms with Gasteiger partial charge in [0, 0.05) is 29.2 Å². The van der Waals surface area contributed by atoms with Gasteiger partial charge in [0.25, 0.3) is 5.91 Å². The van der Waals surface area contributed by atoms with E-state index in [-0.39, 0.29) is 24.6 Å². The molecule has 1 aliphatic carbocycles. The average molecular weight is 328 g/mol. The molecule has 0 bridgehead atoms. The summed E-state index contributed by atoms with van der Waals surface area (Å²) < 4.78 is 0. The average Bonchev–Trinajstić information content (AvgIpc) is 3.11. The third kappa shape index (κ3) is 3.88. The van der Waals surface area contributed by atoms with Crippen molar-refractivity contribution in [3.8, 4) is 0 Å². The molecule has 0 spiro atoms. The molecule has 128 valence electrons. The molecule has 1 saturated carbocycles. The molecule has 0 radical (unpaired) electrons. The molecule has 2 atom stereocenters. The van der Waals surface area contributed by atoms with E-state index in [0.29, 0.717) is 11.6 Å². The number of carbonyl (C=O) groups excluding carboxylic acids is 1. The maximum absolute atomic E-state index is 12.5. The first-order chi connectivity index (χ1) is 11.7. The summed E-state index contributed by atoms with van der Waals surface area (Å²) >= 11 is 0. The number of aliphatic hydroxyl groups excluding tert-OH is 1. The molecule has 1 heterocycles. The van der Waals surface area contributed by atoms with E-state index in [0.717, 1.165) is 10.9 Å². The highest BCUT2D eigenvalue weighted by Crippen LogP contribution is 2.18. The number of fused-ring (bicyclic) bond motifs is 1. The van der Waals surface area contributed by atoms with Crippen LogP contribution < -0.4 is 10.6 Å². The Morgan fingerprint density at radius 2 is 2.17 bits per heavy atom. The molecular formula is C18H24N4O2. The number of aromatic nitrogens is 2. The van der Waals surface area contributed by atoms with Crippen molar-refractivity contribution in [3.05, 3.63) is 36.3 Å². The number of amides is 1. The Morgan fingerprint density at radius 3 is 2.92 bits per heavy atom. The molecule has 3 rings (SSSR count). The predicted octanol–water partition coefficient (Wildman–Crippen LogP) is 1.64. The number of hydrogen-bond acceptors (Lipinski definition) is 5. The highest BCUT2D eigenvalue weighted by atomic mass is 16.3. The summed E-state index contributed by atoms with van der Waals surface area (Å²) in [5, 5.41) is 17.0. The van der Waals surface area contributed by atoms with Crippen LogP contribution in [0.1, 0.15) is 43.0 Å². The van der Waals surface area contributed by atoms with Gasteiger partial charge in [0.15, 0.2) is 0 Å². The minimum absolute atomic E-state index is 0.0184. The van der Waals surface area contributed by atoms with Crippen LogP contribution in [0.2, 0.25) is 0 Å². The highest BCUT2D eigenvalue weighted by Gasteiger charge is 2.23. The summed E-state index contributed by atoms with van der Waals surface area (Å²) in [7, 11) is 0. The fourth-order valence-corrected chi connectivity index (χ4v) is 3.28. The zero-order valence-corrected chi connectivity index (χ0v) is 13.9. The van der Waals surface area contributed by atoms with Gasteiger partial charge < -0.3 is 15.7 Å². The molecule has 6 heteroatoms. The van der Waals surface area contributed by atoms with Gasteiger partial charge in [-0.25, -0.2) is 9.97 Å². The summed E-state index contributed by atoms with van der Waals surface area (Å²) in [6, 6.07) is 5.52. The van der Waals surface area contributed by atoms with Gasteiger partial charge >= 0.3 is 0 Å². The molecule has 0 aliphatic heterocycles. The standard InChI is InChI=1S/C18H24N4O2/c1-12(21-15-4-2-3-5-15)17(10-23)22-18(24)13-6-7-14-9-19-11-20-16(14)8-13/h6-9,11-12,15,17,21,23H,2-5,10H2,1H3,(H,22,24)/t12?,17-/m1/s1. The minimum Gasteiger partial charge on any atom is -0.394 e. The van der Waals surface area contributed by atoms with E-state index in [9.17, 15) is 9.90 Å². The number of nitrogens with zero attached hydrogens (tertiary/aromatic N) is 2. The quantitative estimate of drug-likeness (QED) is 0.750. The lowest BCUT2D eigenvalue weighted by molar-refractivity contribution is 0.0899. The van der Waals surface area contributed by atoms with Crippen molar-refractivity contribution in [3.63, 3.8) is 0 Å². The Bertz CT molecular complexity index is 700. The number of carbonyl (C=O) groups is 1. The molecule has 6 nitrogen and oxygen atoms in total. The number of hydrogen-bond donors (Lipinski definition) is 3. The molecule has 1 aromatic carbocycles. The molecule has 1 unspecified atom stereocenters. The normalized spacial score (nSPS) is 17.8. The van der Waals surface area contributed by atoms with Crippen molar-refractivity contribution in [2.75, 3.05) is 6.61 Å². The van der Waals surface area contributed by atoms with E-state index in [4.69, 9.17) is 0 Å². The zero-order chi connectivity index (χ0) is 16.9. The van der Waals surface area contributed by atoms with Gasteiger partial charge in [-0.05, 0) is 31.9 Å². The van der Waals surface area contributed by atoms with Crippen LogP contribution in [0, 0.1) is 0 Å². The zero-order valence-electron chi connectivity index (χ0n) is 13.9. The van der Waals surface area contributed by atoms with Crippen LogP contribution in [0.4, 0.5) is 0 Å². The van der Waals surface area contributed by atoms with Crippen molar-refractivity contribution >= 4 is 16.8 Å². The van der Waals surface area contributed by atoms with Gasteiger partial charge in [-0.15, -0.1) is 0 Å². The Hall–Kier alpha value is -2.05. The van der Waals surface area contributed by atoms with E-state index >= 15 is 0 Å². The summed E-state index contributed by atoms with van der Waals surface area (Å²) in [4.78, 5) is 20.6. The Labute approximate surface area is 141 Å². The smallest absolute Gasteiger partial charge is 0.251 e. The number of nitrogens with one attached hydrogen (secondary N) is 2. The lowest BCUT2D eigenvalue weighted by Gasteiger charge is -2.27.